The highest BCUT2D eigenvalue weighted by Gasteiger charge is 2.15. The van der Waals surface area contributed by atoms with Crippen molar-refractivity contribution in [2.45, 2.75) is 19.4 Å². The number of benzene rings is 2. The van der Waals surface area contributed by atoms with Crippen molar-refractivity contribution >= 4 is 5.78 Å². The van der Waals surface area contributed by atoms with Crippen LogP contribution in [-0.2, 0) is 17.7 Å². The molecule has 1 saturated heterocycles. The summed E-state index contributed by atoms with van der Waals surface area (Å²) in [5.74, 6) is 0.529. The first kappa shape index (κ1) is 22.2. The Bertz CT molecular complexity index is 1210. The number of rotatable bonds is 8. The van der Waals surface area contributed by atoms with E-state index in [0.29, 0.717) is 24.3 Å². The number of carbonyl (C=O) groups is 1. The molecule has 0 aliphatic carbocycles. The van der Waals surface area contributed by atoms with Gasteiger partial charge in [-0.2, -0.15) is 0 Å². The maximum Gasteiger partial charge on any atom is 0.263 e. The van der Waals surface area contributed by atoms with E-state index in [1.54, 1.807) is 12.4 Å². The quantitative estimate of drug-likeness (QED) is 0.348. The monoisotopic (exact) mass is 453 g/mol. The predicted octanol–water partition coefficient (Wildman–Crippen LogP) is 5.05. The fourth-order valence-corrected chi connectivity index (χ4v) is 4.08. The lowest BCUT2D eigenvalue weighted by Gasteiger charge is -2.26. The van der Waals surface area contributed by atoms with Crippen molar-refractivity contribution in [3.8, 4) is 22.6 Å². The molecule has 1 fully saturated rings. The summed E-state index contributed by atoms with van der Waals surface area (Å²) >= 11 is 0. The van der Waals surface area contributed by atoms with E-state index in [1.807, 2.05) is 18.2 Å². The van der Waals surface area contributed by atoms with Crippen LogP contribution in [0.25, 0.3) is 22.6 Å². The maximum absolute atomic E-state index is 12.5. The number of hydrogen-bond donors (Lipinski definition) is 0. The number of aromatic nitrogens is 2. The average Bonchev–Trinajstić information content (AvgIpc) is 3.40. The van der Waals surface area contributed by atoms with E-state index in [1.165, 1.54) is 16.7 Å². The number of carbonyl (C=O) groups excluding carboxylic acids is 1. The Balaban J connectivity index is 1.15. The van der Waals surface area contributed by atoms with Gasteiger partial charge in [0.1, 0.15) is 5.69 Å². The van der Waals surface area contributed by atoms with Crippen molar-refractivity contribution in [2.24, 2.45) is 0 Å². The molecule has 34 heavy (non-hydrogen) atoms. The maximum atomic E-state index is 12.5. The summed E-state index contributed by atoms with van der Waals surface area (Å²) < 4.78 is 11.0. The van der Waals surface area contributed by atoms with E-state index in [4.69, 9.17) is 9.15 Å². The van der Waals surface area contributed by atoms with E-state index in [9.17, 15) is 4.79 Å². The molecule has 0 atom stereocenters. The molecule has 5 rings (SSSR count). The molecule has 0 bridgehead atoms. The predicted molar refractivity (Wildman–Crippen MR) is 130 cm³/mol. The Labute approximate surface area is 199 Å². The lowest BCUT2D eigenvalue weighted by Crippen LogP contribution is -2.35. The fraction of sp³-hybridized carbons (Fsp3) is 0.250. The molecule has 0 N–H and O–H groups in total. The lowest BCUT2D eigenvalue weighted by molar-refractivity contribution is 0.0342. The number of pyridine rings is 1. The van der Waals surface area contributed by atoms with Gasteiger partial charge in [-0.25, -0.2) is 4.98 Å². The SMILES string of the molecule is O=C(CCc1ccc(-c2ccc(CN3CCOCC3)cc2)cc1)c1ncc(-c2ccccn2)o1. The van der Waals surface area contributed by atoms with Crippen molar-refractivity contribution in [1.82, 2.24) is 14.9 Å². The standard InChI is InChI=1S/C28H27N3O3/c32-26(28-30-19-27(34-28)25-3-1-2-14-29-25)13-8-21-4-9-23(10-5-21)24-11-6-22(7-12-24)20-31-15-17-33-18-16-31/h1-7,9-12,14,19H,8,13,15-18,20H2. The van der Waals surface area contributed by atoms with Gasteiger partial charge in [-0.05, 0) is 40.8 Å². The third-order valence-corrected chi connectivity index (χ3v) is 6.05. The van der Waals surface area contributed by atoms with E-state index in [-0.39, 0.29) is 11.7 Å². The number of oxazole rings is 1. The van der Waals surface area contributed by atoms with Crippen LogP contribution in [0.4, 0.5) is 0 Å². The molecule has 6 heteroatoms. The van der Waals surface area contributed by atoms with Crippen LogP contribution in [-0.4, -0.2) is 47.0 Å². The molecule has 4 aromatic rings. The summed E-state index contributed by atoms with van der Waals surface area (Å²) in [4.78, 5) is 23.3. The van der Waals surface area contributed by atoms with Gasteiger partial charge in [0.05, 0.1) is 19.4 Å². The number of nitrogens with zero attached hydrogens (tertiary/aromatic N) is 3. The van der Waals surface area contributed by atoms with Gasteiger partial charge in [0.25, 0.3) is 5.89 Å². The first-order valence-electron chi connectivity index (χ1n) is 11.6. The zero-order valence-electron chi connectivity index (χ0n) is 19.0. The van der Waals surface area contributed by atoms with Gasteiger partial charge in [0, 0.05) is 32.3 Å². The summed E-state index contributed by atoms with van der Waals surface area (Å²) in [5, 5.41) is 0. The fourth-order valence-electron chi connectivity index (χ4n) is 4.08. The Morgan fingerprint density at radius 1 is 0.853 bits per heavy atom. The van der Waals surface area contributed by atoms with Crippen molar-refractivity contribution in [3.63, 3.8) is 0 Å². The minimum Gasteiger partial charge on any atom is -0.432 e. The van der Waals surface area contributed by atoms with Crippen molar-refractivity contribution in [3.05, 3.63) is 96.1 Å². The second kappa shape index (κ2) is 10.5. The highest BCUT2D eigenvalue weighted by atomic mass is 16.5. The van der Waals surface area contributed by atoms with E-state index in [2.05, 4.69) is 63.4 Å². The number of hydrogen-bond acceptors (Lipinski definition) is 6. The zero-order valence-corrected chi connectivity index (χ0v) is 19.0. The summed E-state index contributed by atoms with van der Waals surface area (Å²) in [7, 11) is 0. The van der Waals surface area contributed by atoms with Crippen LogP contribution in [0.3, 0.4) is 0 Å². The molecular formula is C28H27N3O3. The van der Waals surface area contributed by atoms with Gasteiger partial charge in [-0.1, -0.05) is 54.6 Å². The molecule has 1 aliphatic rings. The summed E-state index contributed by atoms with van der Waals surface area (Å²) in [5.41, 5.74) is 5.45. The van der Waals surface area contributed by atoms with Crippen LogP contribution >= 0.6 is 0 Å². The summed E-state index contributed by atoms with van der Waals surface area (Å²) in [6.07, 6.45) is 4.22. The third-order valence-electron chi connectivity index (χ3n) is 6.05. The highest BCUT2D eigenvalue weighted by Crippen LogP contribution is 2.22. The van der Waals surface area contributed by atoms with Crippen molar-refractivity contribution in [1.29, 1.82) is 0 Å². The molecule has 0 spiro atoms. The first-order chi connectivity index (χ1) is 16.7. The van der Waals surface area contributed by atoms with E-state index in [0.717, 1.165) is 38.4 Å². The van der Waals surface area contributed by atoms with Gasteiger partial charge < -0.3 is 9.15 Å². The van der Waals surface area contributed by atoms with Gasteiger partial charge in [0.15, 0.2) is 5.76 Å². The molecular weight excluding hydrogens is 426 g/mol. The Morgan fingerprint density at radius 3 is 2.24 bits per heavy atom. The van der Waals surface area contributed by atoms with E-state index >= 15 is 0 Å². The molecule has 172 valence electrons. The second-order valence-corrected chi connectivity index (χ2v) is 8.45. The van der Waals surface area contributed by atoms with Gasteiger partial charge in [0.2, 0.25) is 5.78 Å². The number of morpholine rings is 1. The molecule has 1 aliphatic heterocycles. The average molecular weight is 454 g/mol. The van der Waals surface area contributed by atoms with Crippen LogP contribution in [0, 0.1) is 0 Å². The van der Waals surface area contributed by atoms with Crippen molar-refractivity contribution in [2.75, 3.05) is 26.3 Å². The number of ketones is 1. The third kappa shape index (κ3) is 5.47. The second-order valence-electron chi connectivity index (χ2n) is 8.45. The number of aryl methyl sites for hydroxylation is 1. The van der Waals surface area contributed by atoms with Crippen LogP contribution in [0.2, 0.25) is 0 Å². The normalized spacial score (nSPS) is 14.2. The van der Waals surface area contributed by atoms with Crippen LogP contribution < -0.4 is 0 Å². The highest BCUT2D eigenvalue weighted by molar-refractivity contribution is 5.92. The molecule has 2 aromatic carbocycles. The molecule has 0 amide bonds. The largest absolute Gasteiger partial charge is 0.432 e. The van der Waals surface area contributed by atoms with Crippen LogP contribution in [0.5, 0.6) is 0 Å². The van der Waals surface area contributed by atoms with Gasteiger partial charge >= 0.3 is 0 Å². The van der Waals surface area contributed by atoms with Crippen LogP contribution in [0.1, 0.15) is 28.2 Å². The Kier molecular flexibility index (Phi) is 6.89. The smallest absolute Gasteiger partial charge is 0.263 e. The number of Topliss-reactive ketones (excluding diaryl/α,β-unsaturated/α-hetero) is 1. The van der Waals surface area contributed by atoms with E-state index < -0.39 is 0 Å². The molecule has 0 unspecified atom stereocenters. The van der Waals surface area contributed by atoms with Gasteiger partial charge in [-0.3, -0.25) is 14.7 Å². The Hall–Kier alpha value is -3.61. The first-order valence-corrected chi connectivity index (χ1v) is 11.6. The zero-order chi connectivity index (χ0) is 23.2. The topological polar surface area (TPSA) is 68.5 Å². The minimum atomic E-state index is -0.109. The molecule has 2 aromatic heterocycles. The minimum absolute atomic E-state index is 0.109. The molecule has 0 saturated carbocycles. The lowest BCUT2D eigenvalue weighted by atomic mass is 10.0. The molecule has 3 heterocycles. The Morgan fingerprint density at radius 2 is 1.56 bits per heavy atom. The summed E-state index contributed by atoms with van der Waals surface area (Å²) in [6.45, 7) is 4.59. The van der Waals surface area contributed by atoms with Gasteiger partial charge in [-0.15, -0.1) is 0 Å². The molecule has 6 nitrogen and oxygen atoms in total. The summed E-state index contributed by atoms with van der Waals surface area (Å²) in [6, 6.07) is 22.7. The van der Waals surface area contributed by atoms with Crippen LogP contribution in [0.15, 0.2) is 83.5 Å². The van der Waals surface area contributed by atoms with Crippen molar-refractivity contribution < 1.29 is 13.9 Å². The molecule has 0 radical (unpaired) electrons. The number of ether oxygens (including phenoxy) is 1.